The Morgan fingerprint density at radius 3 is 1.47 bits per heavy atom. The fraction of sp³-hybridized carbons (Fsp3) is 0. The van der Waals surface area contributed by atoms with Crippen LogP contribution in [0.5, 0.6) is 0 Å². The maximum atomic E-state index is 6.44. The van der Waals surface area contributed by atoms with Gasteiger partial charge in [-0.25, -0.2) is 0 Å². The molecule has 3 aromatic heterocycles. The number of para-hydroxylation sites is 5. The van der Waals surface area contributed by atoms with Crippen LogP contribution in [0.15, 0.2) is 239 Å². The molecule has 0 amide bonds. The first kappa shape index (κ1) is 36.1. The van der Waals surface area contributed by atoms with E-state index >= 15 is 0 Å². The first-order valence-corrected chi connectivity index (χ1v) is 21.7. The lowest BCUT2D eigenvalue weighted by atomic mass is 10.0. The van der Waals surface area contributed by atoms with Gasteiger partial charge in [-0.05, 0) is 119 Å². The number of hydrogen-bond donors (Lipinski definition) is 0. The molecular formula is C60H38N2O2. The summed E-state index contributed by atoms with van der Waals surface area (Å²) in [6.07, 6.45) is 0. The van der Waals surface area contributed by atoms with E-state index in [4.69, 9.17) is 8.83 Å². The number of nitrogens with zero attached hydrogens (tertiary/aromatic N) is 2. The van der Waals surface area contributed by atoms with E-state index in [9.17, 15) is 0 Å². The lowest BCUT2D eigenvalue weighted by molar-refractivity contribution is 0.669. The summed E-state index contributed by atoms with van der Waals surface area (Å²) in [5, 5.41) is 6.99. The molecule has 0 spiro atoms. The van der Waals surface area contributed by atoms with E-state index in [1.807, 2.05) is 24.3 Å². The van der Waals surface area contributed by atoms with Crippen LogP contribution < -0.4 is 4.90 Å². The Morgan fingerprint density at radius 1 is 0.297 bits per heavy atom. The topological polar surface area (TPSA) is 34.5 Å². The normalized spacial score (nSPS) is 11.8. The largest absolute Gasteiger partial charge is 0.456 e. The monoisotopic (exact) mass is 818 g/mol. The van der Waals surface area contributed by atoms with Gasteiger partial charge >= 0.3 is 0 Å². The van der Waals surface area contributed by atoms with E-state index in [0.717, 1.165) is 94.4 Å². The summed E-state index contributed by atoms with van der Waals surface area (Å²) in [6.45, 7) is 0. The lowest BCUT2D eigenvalue weighted by Gasteiger charge is -2.26. The number of hydrogen-bond acceptors (Lipinski definition) is 3. The van der Waals surface area contributed by atoms with Crippen LogP contribution in [0, 0.1) is 0 Å². The molecule has 3 heterocycles. The van der Waals surface area contributed by atoms with Crippen molar-refractivity contribution < 1.29 is 8.83 Å². The third-order valence-corrected chi connectivity index (χ3v) is 12.8. The van der Waals surface area contributed by atoms with Gasteiger partial charge in [0.05, 0.1) is 11.0 Å². The van der Waals surface area contributed by atoms with E-state index in [-0.39, 0.29) is 0 Å². The Labute approximate surface area is 369 Å². The summed E-state index contributed by atoms with van der Waals surface area (Å²) in [5.74, 6) is 0. The van der Waals surface area contributed by atoms with Crippen molar-refractivity contribution in [3.8, 4) is 39.1 Å². The second kappa shape index (κ2) is 14.5. The van der Waals surface area contributed by atoms with Crippen LogP contribution in [0.25, 0.3) is 105 Å². The number of rotatable bonds is 7. The summed E-state index contributed by atoms with van der Waals surface area (Å²) >= 11 is 0. The Bertz CT molecular complexity index is 3870. The molecule has 13 rings (SSSR count). The van der Waals surface area contributed by atoms with Gasteiger partial charge in [0, 0.05) is 60.6 Å². The van der Waals surface area contributed by atoms with Crippen LogP contribution in [-0.2, 0) is 0 Å². The second-order valence-electron chi connectivity index (χ2n) is 16.5. The van der Waals surface area contributed by atoms with Crippen LogP contribution >= 0.6 is 0 Å². The highest BCUT2D eigenvalue weighted by Crippen LogP contribution is 2.42. The predicted octanol–water partition coefficient (Wildman–Crippen LogP) is 17.1. The third-order valence-electron chi connectivity index (χ3n) is 12.8. The van der Waals surface area contributed by atoms with Gasteiger partial charge in [-0.1, -0.05) is 140 Å². The van der Waals surface area contributed by atoms with Crippen molar-refractivity contribution in [3.05, 3.63) is 231 Å². The van der Waals surface area contributed by atoms with Gasteiger partial charge in [0.25, 0.3) is 0 Å². The lowest BCUT2D eigenvalue weighted by Crippen LogP contribution is -2.09. The van der Waals surface area contributed by atoms with Crippen LogP contribution in [0.4, 0.5) is 17.1 Å². The highest BCUT2D eigenvalue weighted by molar-refractivity contribution is 6.11. The molecule has 4 nitrogen and oxygen atoms in total. The number of fused-ring (bicyclic) bond motifs is 9. The first-order chi connectivity index (χ1) is 31.7. The summed E-state index contributed by atoms with van der Waals surface area (Å²) in [4.78, 5) is 2.34. The molecule has 0 unspecified atom stereocenters. The van der Waals surface area contributed by atoms with Crippen LogP contribution in [0.3, 0.4) is 0 Å². The van der Waals surface area contributed by atoms with Crippen molar-refractivity contribution in [2.75, 3.05) is 4.90 Å². The molecule has 0 N–H and O–H groups in total. The molecule has 0 radical (unpaired) electrons. The van der Waals surface area contributed by atoms with E-state index in [0.29, 0.717) is 0 Å². The molecule has 0 aliphatic carbocycles. The Hall–Kier alpha value is -8.60. The molecule has 0 fully saturated rings. The number of aromatic nitrogens is 1. The molecule has 13 aromatic rings. The quantitative estimate of drug-likeness (QED) is 0.161. The summed E-state index contributed by atoms with van der Waals surface area (Å²) in [7, 11) is 0. The second-order valence-corrected chi connectivity index (χ2v) is 16.5. The first-order valence-electron chi connectivity index (χ1n) is 21.7. The summed E-state index contributed by atoms with van der Waals surface area (Å²) < 4.78 is 14.9. The average molecular weight is 819 g/mol. The van der Waals surface area contributed by atoms with Crippen LogP contribution in [-0.4, -0.2) is 4.57 Å². The Kier molecular flexibility index (Phi) is 8.18. The van der Waals surface area contributed by atoms with Gasteiger partial charge in [-0.3, -0.25) is 0 Å². The molecule has 10 aromatic carbocycles. The van der Waals surface area contributed by atoms with Crippen molar-refractivity contribution in [2.45, 2.75) is 0 Å². The molecule has 0 aliphatic heterocycles. The minimum atomic E-state index is 0.898. The van der Waals surface area contributed by atoms with Crippen LogP contribution in [0.1, 0.15) is 0 Å². The molecule has 300 valence electrons. The van der Waals surface area contributed by atoms with Gasteiger partial charge in [0.1, 0.15) is 22.3 Å². The standard InChI is InChI=1S/C60H38N2O2/c1-2-11-44(12-3-1)62-55-18-7-4-13-49(55)53-37-42(27-35-56(53)62)39-21-29-45(30-22-39)61(46-31-23-40(24-32-46)43-28-36-59-54(38-43)51-15-6-8-19-57(51)63-59)47-33-25-41(26-34-47)48-16-10-17-52-50-14-5-9-20-58(50)64-60(48)52/h1-38H. The van der Waals surface area contributed by atoms with Gasteiger partial charge in [0.2, 0.25) is 0 Å². The maximum absolute atomic E-state index is 6.44. The fourth-order valence-corrected chi connectivity index (χ4v) is 9.73. The van der Waals surface area contributed by atoms with Crippen molar-refractivity contribution in [3.63, 3.8) is 0 Å². The molecule has 0 aliphatic rings. The SMILES string of the molecule is c1ccc(-n2c3ccccc3c3cc(-c4ccc(N(c5ccc(-c6ccc7oc8ccccc8c7c6)cc5)c5ccc(-c6cccc7c6oc6ccccc67)cc5)cc4)ccc32)cc1. The van der Waals surface area contributed by atoms with Crippen molar-refractivity contribution >= 4 is 82.7 Å². The maximum Gasteiger partial charge on any atom is 0.143 e. The van der Waals surface area contributed by atoms with Crippen LogP contribution in [0.2, 0.25) is 0 Å². The van der Waals surface area contributed by atoms with Gasteiger partial charge in [-0.2, -0.15) is 0 Å². The molecule has 4 heteroatoms. The summed E-state index contributed by atoms with van der Waals surface area (Å²) in [5.41, 5.74) is 17.2. The molecular weight excluding hydrogens is 781 g/mol. The minimum Gasteiger partial charge on any atom is -0.456 e. The van der Waals surface area contributed by atoms with Gasteiger partial charge in [0.15, 0.2) is 0 Å². The number of furan rings is 2. The zero-order valence-electron chi connectivity index (χ0n) is 34.7. The van der Waals surface area contributed by atoms with Crippen molar-refractivity contribution in [1.29, 1.82) is 0 Å². The van der Waals surface area contributed by atoms with E-state index in [2.05, 4.69) is 216 Å². The highest BCUT2D eigenvalue weighted by Gasteiger charge is 2.18. The zero-order valence-corrected chi connectivity index (χ0v) is 34.7. The molecule has 0 saturated heterocycles. The van der Waals surface area contributed by atoms with E-state index in [1.54, 1.807) is 0 Å². The molecule has 0 atom stereocenters. The smallest absolute Gasteiger partial charge is 0.143 e. The summed E-state index contributed by atoms with van der Waals surface area (Å²) in [6, 6.07) is 82.2. The van der Waals surface area contributed by atoms with E-state index in [1.165, 1.54) is 27.4 Å². The molecule has 64 heavy (non-hydrogen) atoms. The Morgan fingerprint density at radius 2 is 0.781 bits per heavy atom. The third kappa shape index (κ3) is 5.84. The molecule has 0 bridgehead atoms. The fourth-order valence-electron chi connectivity index (χ4n) is 9.73. The Balaban J connectivity index is 0.891. The number of benzene rings is 10. The predicted molar refractivity (Wildman–Crippen MR) is 266 cm³/mol. The zero-order chi connectivity index (χ0) is 42.1. The number of anilines is 3. The van der Waals surface area contributed by atoms with Crippen molar-refractivity contribution in [1.82, 2.24) is 4.57 Å². The minimum absolute atomic E-state index is 0.898. The molecule has 0 saturated carbocycles. The van der Waals surface area contributed by atoms with Gasteiger partial charge < -0.3 is 18.3 Å². The highest BCUT2D eigenvalue weighted by atomic mass is 16.3. The van der Waals surface area contributed by atoms with Crippen molar-refractivity contribution in [2.24, 2.45) is 0 Å². The van der Waals surface area contributed by atoms with Gasteiger partial charge in [-0.15, -0.1) is 0 Å². The van der Waals surface area contributed by atoms with E-state index < -0.39 is 0 Å². The average Bonchev–Trinajstić information content (AvgIpc) is 4.04.